The Labute approximate surface area is 190 Å². The summed E-state index contributed by atoms with van der Waals surface area (Å²) >= 11 is 6.17. The molecule has 3 N–H and O–H groups in total. The highest BCUT2D eigenvalue weighted by molar-refractivity contribution is 6.33. The van der Waals surface area contributed by atoms with Crippen LogP contribution in [0.5, 0.6) is 5.75 Å². The highest BCUT2D eigenvalue weighted by atomic mass is 35.5. The summed E-state index contributed by atoms with van der Waals surface area (Å²) in [7, 11) is 0. The Morgan fingerprint density at radius 3 is 2.22 bits per heavy atom. The molecule has 0 spiro atoms. The van der Waals surface area contributed by atoms with E-state index in [4.69, 9.17) is 11.6 Å². The van der Waals surface area contributed by atoms with Crippen LogP contribution in [0, 0.1) is 0 Å². The van der Waals surface area contributed by atoms with Gasteiger partial charge in [-0.1, -0.05) is 78.3 Å². The van der Waals surface area contributed by atoms with E-state index < -0.39 is 6.04 Å². The van der Waals surface area contributed by atoms with Crippen LogP contribution in [-0.2, 0) is 4.79 Å². The van der Waals surface area contributed by atoms with E-state index in [9.17, 15) is 14.7 Å². The lowest BCUT2D eigenvalue weighted by Gasteiger charge is -2.20. The molecule has 32 heavy (non-hydrogen) atoms. The molecular formula is C26H21ClN2O3. The van der Waals surface area contributed by atoms with E-state index in [1.54, 1.807) is 42.5 Å². The molecule has 1 atom stereocenters. The van der Waals surface area contributed by atoms with E-state index >= 15 is 0 Å². The van der Waals surface area contributed by atoms with Gasteiger partial charge < -0.3 is 15.7 Å². The van der Waals surface area contributed by atoms with Gasteiger partial charge in [-0.3, -0.25) is 9.59 Å². The van der Waals surface area contributed by atoms with Gasteiger partial charge in [0, 0.05) is 16.5 Å². The molecule has 0 unspecified atom stereocenters. The number of nitrogens with one attached hydrogen (secondary N) is 2. The van der Waals surface area contributed by atoms with E-state index in [0.29, 0.717) is 21.7 Å². The summed E-state index contributed by atoms with van der Waals surface area (Å²) in [4.78, 5) is 25.8. The average Bonchev–Trinajstić information content (AvgIpc) is 2.81. The number of rotatable bonds is 6. The summed E-state index contributed by atoms with van der Waals surface area (Å²) < 4.78 is 0. The van der Waals surface area contributed by atoms with Crippen LogP contribution < -0.4 is 10.6 Å². The normalized spacial score (nSPS) is 11.7. The number of fused-ring (bicyclic) bond motifs is 1. The zero-order chi connectivity index (χ0) is 22.5. The summed E-state index contributed by atoms with van der Waals surface area (Å²) in [5, 5.41) is 17.6. The molecule has 2 amide bonds. The fourth-order valence-electron chi connectivity index (χ4n) is 3.60. The first-order chi connectivity index (χ1) is 15.5. The summed E-state index contributed by atoms with van der Waals surface area (Å²) in [6, 6.07) is 26.0. The Balaban J connectivity index is 1.57. The molecule has 160 valence electrons. The van der Waals surface area contributed by atoms with Crippen LogP contribution in [0.4, 0.5) is 5.69 Å². The predicted octanol–water partition coefficient (Wildman–Crippen LogP) is 5.70. The van der Waals surface area contributed by atoms with Crippen molar-refractivity contribution in [2.45, 2.75) is 12.5 Å². The number of hydrogen-bond acceptors (Lipinski definition) is 3. The van der Waals surface area contributed by atoms with E-state index in [2.05, 4.69) is 10.6 Å². The molecule has 4 aromatic rings. The highest BCUT2D eigenvalue weighted by Gasteiger charge is 2.21. The molecule has 0 aromatic heterocycles. The molecule has 0 heterocycles. The van der Waals surface area contributed by atoms with Gasteiger partial charge in [0.15, 0.2) is 0 Å². The van der Waals surface area contributed by atoms with Gasteiger partial charge in [-0.15, -0.1) is 0 Å². The highest BCUT2D eigenvalue weighted by Crippen LogP contribution is 2.31. The molecule has 0 saturated heterocycles. The van der Waals surface area contributed by atoms with Crippen molar-refractivity contribution in [3.05, 3.63) is 107 Å². The molecule has 0 aliphatic carbocycles. The second-order valence-electron chi connectivity index (χ2n) is 7.35. The lowest BCUT2D eigenvalue weighted by molar-refractivity contribution is -0.116. The lowest BCUT2D eigenvalue weighted by atomic mass is 10.0. The van der Waals surface area contributed by atoms with Crippen LogP contribution in [0.25, 0.3) is 10.8 Å². The first-order valence-corrected chi connectivity index (χ1v) is 10.5. The van der Waals surface area contributed by atoms with Gasteiger partial charge in [0.1, 0.15) is 5.75 Å². The number of aromatic hydroxyl groups is 1. The molecule has 0 radical (unpaired) electrons. The van der Waals surface area contributed by atoms with Crippen molar-refractivity contribution in [1.29, 1.82) is 0 Å². The molecule has 6 heteroatoms. The lowest BCUT2D eigenvalue weighted by Crippen LogP contribution is -2.31. The zero-order valence-corrected chi connectivity index (χ0v) is 17.8. The number of hydrogen-bond donors (Lipinski definition) is 3. The third-order valence-electron chi connectivity index (χ3n) is 5.19. The zero-order valence-electron chi connectivity index (χ0n) is 17.1. The van der Waals surface area contributed by atoms with E-state index in [1.807, 2.05) is 48.5 Å². The topological polar surface area (TPSA) is 78.4 Å². The van der Waals surface area contributed by atoms with Gasteiger partial charge in [-0.05, 0) is 29.8 Å². The van der Waals surface area contributed by atoms with Crippen molar-refractivity contribution in [3.8, 4) is 5.75 Å². The Hall–Kier alpha value is -3.83. The standard InChI is InChI=1S/C26H21ClN2O3/c27-21-13-7-6-12-20(21)26(32)29-23(17-8-2-1-3-9-17)16-25(31)28-22-14-15-24(30)19-11-5-4-10-18(19)22/h1-15,23,30H,16H2,(H,28,31)(H,29,32)/t23-/m1/s1. The van der Waals surface area contributed by atoms with Gasteiger partial charge in [0.05, 0.1) is 23.0 Å². The minimum atomic E-state index is -0.552. The quantitative estimate of drug-likeness (QED) is 0.334. The Kier molecular flexibility index (Phi) is 6.38. The van der Waals surface area contributed by atoms with Crippen molar-refractivity contribution in [3.63, 3.8) is 0 Å². The second kappa shape index (κ2) is 9.54. The molecule has 0 bridgehead atoms. The number of carbonyl (C=O) groups excluding carboxylic acids is 2. The van der Waals surface area contributed by atoms with E-state index in [-0.39, 0.29) is 24.0 Å². The predicted molar refractivity (Wildman–Crippen MR) is 127 cm³/mol. The fraction of sp³-hybridized carbons (Fsp3) is 0.0769. The van der Waals surface area contributed by atoms with Gasteiger partial charge in [-0.25, -0.2) is 0 Å². The van der Waals surface area contributed by atoms with Gasteiger partial charge in [-0.2, -0.15) is 0 Å². The third kappa shape index (κ3) is 4.74. The van der Waals surface area contributed by atoms with Crippen molar-refractivity contribution < 1.29 is 14.7 Å². The van der Waals surface area contributed by atoms with Gasteiger partial charge in [0.25, 0.3) is 5.91 Å². The van der Waals surface area contributed by atoms with Crippen molar-refractivity contribution in [2.24, 2.45) is 0 Å². The Bertz CT molecular complexity index is 1270. The molecule has 0 saturated carbocycles. The van der Waals surface area contributed by atoms with Crippen molar-refractivity contribution in [1.82, 2.24) is 5.32 Å². The minimum absolute atomic E-state index is 0.0232. The molecule has 0 aliphatic heterocycles. The van der Waals surface area contributed by atoms with Crippen LogP contribution in [0.2, 0.25) is 5.02 Å². The SMILES string of the molecule is O=C(C[C@@H](NC(=O)c1ccccc1Cl)c1ccccc1)Nc1ccc(O)c2ccccc12. The maximum atomic E-state index is 13.0. The monoisotopic (exact) mass is 444 g/mol. The van der Waals surface area contributed by atoms with Crippen LogP contribution >= 0.6 is 11.6 Å². The first kappa shape index (κ1) is 21.4. The number of phenols is 1. The Morgan fingerprint density at radius 2 is 1.47 bits per heavy atom. The largest absolute Gasteiger partial charge is 0.507 e. The number of amides is 2. The minimum Gasteiger partial charge on any atom is -0.507 e. The molecular weight excluding hydrogens is 424 g/mol. The number of anilines is 1. The van der Waals surface area contributed by atoms with Crippen molar-refractivity contribution in [2.75, 3.05) is 5.32 Å². The average molecular weight is 445 g/mol. The Morgan fingerprint density at radius 1 is 0.812 bits per heavy atom. The number of carbonyl (C=O) groups is 2. The third-order valence-corrected chi connectivity index (χ3v) is 5.52. The molecule has 0 fully saturated rings. The van der Waals surface area contributed by atoms with Crippen LogP contribution in [-0.4, -0.2) is 16.9 Å². The maximum Gasteiger partial charge on any atom is 0.253 e. The maximum absolute atomic E-state index is 13.0. The second-order valence-corrected chi connectivity index (χ2v) is 7.75. The first-order valence-electron chi connectivity index (χ1n) is 10.1. The van der Waals surface area contributed by atoms with E-state index in [1.165, 1.54) is 0 Å². The van der Waals surface area contributed by atoms with Gasteiger partial charge in [0.2, 0.25) is 5.91 Å². The number of phenolic OH excluding ortho intramolecular Hbond substituents is 1. The van der Waals surface area contributed by atoms with Crippen molar-refractivity contribution >= 4 is 39.9 Å². The molecule has 0 aliphatic rings. The van der Waals surface area contributed by atoms with Crippen LogP contribution in [0.3, 0.4) is 0 Å². The smallest absolute Gasteiger partial charge is 0.253 e. The summed E-state index contributed by atoms with van der Waals surface area (Å²) in [6.07, 6.45) is 0.0232. The number of halogens is 1. The molecule has 5 nitrogen and oxygen atoms in total. The van der Waals surface area contributed by atoms with Gasteiger partial charge >= 0.3 is 0 Å². The fourth-order valence-corrected chi connectivity index (χ4v) is 3.82. The van der Waals surface area contributed by atoms with Crippen LogP contribution in [0.1, 0.15) is 28.4 Å². The molecule has 4 rings (SSSR count). The van der Waals surface area contributed by atoms with Crippen LogP contribution in [0.15, 0.2) is 91.0 Å². The number of benzene rings is 4. The summed E-state index contributed by atoms with van der Waals surface area (Å²) in [5.41, 5.74) is 1.74. The molecule has 4 aromatic carbocycles. The summed E-state index contributed by atoms with van der Waals surface area (Å²) in [6.45, 7) is 0. The van der Waals surface area contributed by atoms with E-state index in [0.717, 1.165) is 10.9 Å². The summed E-state index contributed by atoms with van der Waals surface area (Å²) in [5.74, 6) is -0.478.